The van der Waals surface area contributed by atoms with E-state index in [0.29, 0.717) is 11.9 Å². The van der Waals surface area contributed by atoms with E-state index in [4.69, 9.17) is 16.3 Å². The molecular formula is C18H18ClN5O. The first-order valence-electron chi connectivity index (χ1n) is 7.70. The van der Waals surface area contributed by atoms with Gasteiger partial charge in [-0.2, -0.15) is 15.0 Å². The van der Waals surface area contributed by atoms with Gasteiger partial charge in [-0.15, -0.1) is 0 Å². The molecule has 6 nitrogen and oxygen atoms in total. The lowest BCUT2D eigenvalue weighted by Gasteiger charge is -2.11. The summed E-state index contributed by atoms with van der Waals surface area (Å²) in [5, 5.41) is 6.41. The van der Waals surface area contributed by atoms with Gasteiger partial charge in [0.05, 0.1) is 7.11 Å². The number of benzene rings is 2. The second-order valence-electron chi connectivity index (χ2n) is 5.55. The molecule has 0 amide bonds. The number of halogens is 1. The van der Waals surface area contributed by atoms with Crippen molar-refractivity contribution in [1.29, 1.82) is 0 Å². The van der Waals surface area contributed by atoms with Crippen LogP contribution in [0.25, 0.3) is 0 Å². The van der Waals surface area contributed by atoms with Gasteiger partial charge in [0, 0.05) is 11.4 Å². The van der Waals surface area contributed by atoms with E-state index in [2.05, 4.69) is 31.7 Å². The number of anilines is 4. The standard InChI is InChI=1S/C18H18ClN5O/c1-11-4-5-12(2)15(10-11)21-18-23-16(19)22-17(24-18)20-13-6-8-14(25-3)9-7-13/h4-10H,1-3H3,(H2,20,21,22,23,24). The quantitative estimate of drug-likeness (QED) is 0.694. The third-order valence-corrected chi connectivity index (χ3v) is 3.76. The van der Waals surface area contributed by atoms with E-state index < -0.39 is 0 Å². The van der Waals surface area contributed by atoms with Crippen LogP contribution in [0.4, 0.5) is 23.3 Å². The van der Waals surface area contributed by atoms with Crippen molar-refractivity contribution in [2.24, 2.45) is 0 Å². The van der Waals surface area contributed by atoms with Crippen LogP contribution in [0.1, 0.15) is 11.1 Å². The zero-order valence-corrected chi connectivity index (χ0v) is 14.9. The van der Waals surface area contributed by atoms with Crippen molar-refractivity contribution in [3.8, 4) is 5.75 Å². The first-order valence-corrected chi connectivity index (χ1v) is 8.08. The number of hydrogen-bond donors (Lipinski definition) is 2. The molecule has 1 aromatic heterocycles. The molecule has 0 aliphatic carbocycles. The molecule has 0 aliphatic rings. The summed E-state index contributed by atoms with van der Waals surface area (Å²) < 4.78 is 5.14. The van der Waals surface area contributed by atoms with Crippen LogP contribution in [-0.2, 0) is 0 Å². The van der Waals surface area contributed by atoms with E-state index in [1.54, 1.807) is 7.11 Å². The predicted octanol–water partition coefficient (Wildman–Crippen LogP) is 4.64. The van der Waals surface area contributed by atoms with Crippen LogP contribution in [0.2, 0.25) is 5.28 Å². The molecule has 3 aromatic rings. The zero-order chi connectivity index (χ0) is 17.8. The summed E-state index contributed by atoms with van der Waals surface area (Å²) in [6.07, 6.45) is 0. The van der Waals surface area contributed by atoms with Crippen LogP contribution < -0.4 is 15.4 Å². The molecular weight excluding hydrogens is 338 g/mol. The monoisotopic (exact) mass is 355 g/mol. The topological polar surface area (TPSA) is 72.0 Å². The highest BCUT2D eigenvalue weighted by Crippen LogP contribution is 2.23. The average Bonchev–Trinajstić information content (AvgIpc) is 2.58. The molecule has 0 aliphatic heterocycles. The third-order valence-electron chi connectivity index (χ3n) is 3.59. The fourth-order valence-electron chi connectivity index (χ4n) is 2.26. The number of ether oxygens (including phenoxy) is 1. The van der Waals surface area contributed by atoms with E-state index in [9.17, 15) is 0 Å². The molecule has 0 unspecified atom stereocenters. The summed E-state index contributed by atoms with van der Waals surface area (Å²) in [4.78, 5) is 12.6. The van der Waals surface area contributed by atoms with Crippen molar-refractivity contribution >= 4 is 34.9 Å². The van der Waals surface area contributed by atoms with Crippen LogP contribution in [0, 0.1) is 13.8 Å². The summed E-state index contributed by atoms with van der Waals surface area (Å²) in [7, 11) is 1.62. The summed E-state index contributed by atoms with van der Waals surface area (Å²) >= 11 is 6.04. The van der Waals surface area contributed by atoms with Crippen molar-refractivity contribution in [1.82, 2.24) is 15.0 Å². The minimum Gasteiger partial charge on any atom is -0.497 e. The Kier molecular flexibility index (Phi) is 5.00. The second kappa shape index (κ2) is 7.36. The number of nitrogens with one attached hydrogen (secondary N) is 2. The van der Waals surface area contributed by atoms with Crippen LogP contribution in [-0.4, -0.2) is 22.1 Å². The Bertz CT molecular complexity index is 883. The lowest BCUT2D eigenvalue weighted by Crippen LogP contribution is -2.04. The molecule has 0 radical (unpaired) electrons. The van der Waals surface area contributed by atoms with Gasteiger partial charge in [0.1, 0.15) is 5.75 Å². The first-order chi connectivity index (χ1) is 12.0. The van der Waals surface area contributed by atoms with Crippen molar-refractivity contribution in [2.75, 3.05) is 17.7 Å². The Hall–Kier alpha value is -2.86. The van der Waals surface area contributed by atoms with Gasteiger partial charge in [0.2, 0.25) is 17.2 Å². The number of aromatic nitrogens is 3. The molecule has 0 fully saturated rings. The summed E-state index contributed by atoms with van der Waals surface area (Å²) in [6, 6.07) is 13.6. The van der Waals surface area contributed by atoms with Crippen molar-refractivity contribution < 1.29 is 4.74 Å². The van der Waals surface area contributed by atoms with E-state index >= 15 is 0 Å². The summed E-state index contributed by atoms with van der Waals surface area (Å²) in [6.45, 7) is 4.04. The number of nitrogens with zero attached hydrogens (tertiary/aromatic N) is 3. The van der Waals surface area contributed by atoms with Gasteiger partial charge in [0.25, 0.3) is 0 Å². The second-order valence-corrected chi connectivity index (χ2v) is 5.89. The van der Waals surface area contributed by atoms with Crippen molar-refractivity contribution in [3.63, 3.8) is 0 Å². The molecule has 7 heteroatoms. The fraction of sp³-hybridized carbons (Fsp3) is 0.167. The zero-order valence-electron chi connectivity index (χ0n) is 14.2. The minimum absolute atomic E-state index is 0.110. The maximum Gasteiger partial charge on any atom is 0.233 e. The molecule has 0 spiro atoms. The van der Waals surface area contributed by atoms with E-state index in [1.165, 1.54) is 0 Å². The summed E-state index contributed by atoms with van der Waals surface area (Å²) in [5.74, 6) is 1.51. The molecule has 0 saturated carbocycles. The van der Waals surface area contributed by atoms with Gasteiger partial charge in [0.15, 0.2) is 0 Å². The number of hydrogen-bond acceptors (Lipinski definition) is 6. The molecule has 128 valence electrons. The maximum atomic E-state index is 6.04. The predicted molar refractivity (Wildman–Crippen MR) is 100 cm³/mol. The first kappa shape index (κ1) is 17.0. The molecule has 0 saturated heterocycles. The van der Waals surface area contributed by atoms with E-state index in [-0.39, 0.29) is 5.28 Å². The smallest absolute Gasteiger partial charge is 0.233 e. The van der Waals surface area contributed by atoms with Gasteiger partial charge in [-0.05, 0) is 66.9 Å². The fourth-order valence-corrected chi connectivity index (χ4v) is 2.42. The number of methoxy groups -OCH3 is 1. The van der Waals surface area contributed by atoms with Crippen molar-refractivity contribution in [3.05, 3.63) is 58.9 Å². The van der Waals surface area contributed by atoms with Crippen LogP contribution >= 0.6 is 11.6 Å². The van der Waals surface area contributed by atoms with Crippen LogP contribution in [0.15, 0.2) is 42.5 Å². The Labute approximate surface area is 151 Å². The Morgan fingerprint density at radius 3 is 2.24 bits per heavy atom. The molecule has 2 N–H and O–H groups in total. The molecule has 1 heterocycles. The Morgan fingerprint density at radius 2 is 1.56 bits per heavy atom. The maximum absolute atomic E-state index is 6.04. The van der Waals surface area contributed by atoms with E-state index in [0.717, 1.165) is 28.3 Å². The van der Waals surface area contributed by atoms with Gasteiger partial charge in [-0.1, -0.05) is 12.1 Å². The highest BCUT2D eigenvalue weighted by Gasteiger charge is 2.08. The molecule has 2 aromatic carbocycles. The summed E-state index contributed by atoms with van der Waals surface area (Å²) in [5.41, 5.74) is 3.98. The third kappa shape index (κ3) is 4.36. The average molecular weight is 356 g/mol. The van der Waals surface area contributed by atoms with Gasteiger partial charge in [-0.25, -0.2) is 0 Å². The van der Waals surface area contributed by atoms with Gasteiger partial charge in [-0.3, -0.25) is 0 Å². The largest absolute Gasteiger partial charge is 0.497 e. The normalized spacial score (nSPS) is 10.4. The number of aryl methyl sites for hydroxylation is 2. The molecule has 25 heavy (non-hydrogen) atoms. The van der Waals surface area contributed by atoms with Gasteiger partial charge >= 0.3 is 0 Å². The van der Waals surface area contributed by atoms with Crippen LogP contribution in [0.3, 0.4) is 0 Å². The molecule has 3 rings (SSSR count). The van der Waals surface area contributed by atoms with Gasteiger partial charge < -0.3 is 15.4 Å². The lowest BCUT2D eigenvalue weighted by molar-refractivity contribution is 0.415. The van der Waals surface area contributed by atoms with Crippen molar-refractivity contribution in [2.45, 2.75) is 13.8 Å². The Morgan fingerprint density at radius 1 is 0.880 bits per heavy atom. The van der Waals surface area contributed by atoms with E-state index in [1.807, 2.05) is 50.2 Å². The Balaban J connectivity index is 1.83. The molecule has 0 atom stereocenters. The highest BCUT2D eigenvalue weighted by atomic mass is 35.5. The van der Waals surface area contributed by atoms with Crippen LogP contribution in [0.5, 0.6) is 5.75 Å². The lowest BCUT2D eigenvalue weighted by atomic mass is 10.1. The molecule has 0 bridgehead atoms. The highest BCUT2D eigenvalue weighted by molar-refractivity contribution is 6.28. The SMILES string of the molecule is COc1ccc(Nc2nc(Cl)nc(Nc3cc(C)ccc3C)n2)cc1. The minimum atomic E-state index is 0.110. The number of rotatable bonds is 5.